The number of alkyl halides is 4. The van der Waals surface area contributed by atoms with Gasteiger partial charge in [0.2, 0.25) is 0 Å². The van der Waals surface area contributed by atoms with Crippen LogP contribution in [0.25, 0.3) is 0 Å². The van der Waals surface area contributed by atoms with Gasteiger partial charge in [-0.15, -0.1) is 0 Å². The molecule has 0 unspecified atom stereocenters. The molecule has 1 heterocycles. The van der Waals surface area contributed by atoms with Crippen LogP contribution in [0.15, 0.2) is 24.3 Å². The third-order valence-electron chi connectivity index (χ3n) is 1.66. The highest BCUT2D eigenvalue weighted by Gasteiger charge is 2.62. The first kappa shape index (κ1) is 9.64. The number of para-hydroxylation sites is 2. The van der Waals surface area contributed by atoms with Crippen LogP contribution in [-0.4, -0.2) is 10.9 Å². The first-order chi connectivity index (χ1) is 6.42. The lowest BCUT2D eigenvalue weighted by atomic mass is 10.3. The van der Waals surface area contributed by atoms with Crippen LogP contribution in [0.3, 0.4) is 0 Å². The van der Waals surface area contributed by atoms with Crippen molar-refractivity contribution in [1.29, 1.82) is 0 Å². The molecule has 0 amide bonds. The molecule has 1 aromatic rings. The summed E-state index contributed by atoms with van der Waals surface area (Å²) >= 11 is 2.12. The number of rotatable bonds is 0. The van der Waals surface area contributed by atoms with E-state index in [1.165, 1.54) is 24.3 Å². The molecular formula is C8H4BrF3O2. The van der Waals surface area contributed by atoms with Crippen molar-refractivity contribution in [2.45, 2.75) is 10.9 Å². The summed E-state index contributed by atoms with van der Waals surface area (Å²) in [4.78, 5) is 0. The summed E-state index contributed by atoms with van der Waals surface area (Å²) in [6.07, 6.45) is -4.05. The Balaban J connectivity index is 2.46. The molecule has 1 aromatic carbocycles. The predicted octanol–water partition coefficient (Wildman–Crippen LogP) is 3.07. The molecule has 6 heteroatoms. The van der Waals surface area contributed by atoms with Crippen molar-refractivity contribution in [1.82, 2.24) is 0 Å². The van der Waals surface area contributed by atoms with Gasteiger partial charge >= 0.3 is 10.9 Å². The van der Waals surface area contributed by atoms with Gasteiger partial charge in [0.15, 0.2) is 11.5 Å². The van der Waals surface area contributed by atoms with Gasteiger partial charge < -0.3 is 9.47 Å². The second-order valence-corrected chi connectivity index (χ2v) is 3.70. The Morgan fingerprint density at radius 1 is 1.00 bits per heavy atom. The van der Waals surface area contributed by atoms with Crippen molar-refractivity contribution in [3.05, 3.63) is 24.3 Å². The smallest absolute Gasteiger partial charge is 0.437 e. The SMILES string of the molecule is FC1(F)Oc2ccccc2O[C@]1(F)Br. The first-order valence-corrected chi connectivity index (χ1v) is 4.44. The number of hydrogen-bond donors (Lipinski definition) is 0. The Labute approximate surface area is 85.7 Å². The molecule has 0 radical (unpaired) electrons. The lowest BCUT2D eigenvalue weighted by Gasteiger charge is -2.33. The molecule has 1 atom stereocenters. The van der Waals surface area contributed by atoms with E-state index in [1.54, 1.807) is 0 Å². The minimum atomic E-state index is -4.05. The fourth-order valence-corrected chi connectivity index (χ4v) is 1.27. The van der Waals surface area contributed by atoms with Crippen molar-refractivity contribution in [2.75, 3.05) is 0 Å². The van der Waals surface area contributed by atoms with Gasteiger partial charge in [0.1, 0.15) is 0 Å². The second-order valence-electron chi connectivity index (χ2n) is 2.68. The lowest BCUT2D eigenvalue weighted by molar-refractivity contribution is -0.295. The molecule has 1 aliphatic rings. The van der Waals surface area contributed by atoms with E-state index < -0.39 is 10.9 Å². The highest BCUT2D eigenvalue weighted by molar-refractivity contribution is 9.10. The van der Waals surface area contributed by atoms with Crippen molar-refractivity contribution in [3.63, 3.8) is 0 Å². The molecule has 0 aromatic heterocycles. The zero-order chi connectivity index (χ0) is 10.4. The molecule has 0 spiro atoms. The Hall–Kier alpha value is -0.910. The molecular weight excluding hydrogens is 265 g/mol. The topological polar surface area (TPSA) is 18.5 Å². The minimum Gasteiger partial charge on any atom is -0.437 e. The van der Waals surface area contributed by atoms with Crippen LogP contribution in [0.1, 0.15) is 0 Å². The number of halogens is 4. The highest BCUT2D eigenvalue weighted by Crippen LogP contribution is 2.48. The molecule has 2 nitrogen and oxygen atoms in total. The number of ether oxygens (including phenoxy) is 2. The fourth-order valence-electron chi connectivity index (χ4n) is 1.01. The zero-order valence-corrected chi connectivity index (χ0v) is 8.22. The summed E-state index contributed by atoms with van der Waals surface area (Å²) in [6.45, 7) is 0. The molecule has 0 bridgehead atoms. The molecule has 1 aliphatic heterocycles. The van der Waals surface area contributed by atoms with Gasteiger partial charge in [-0.25, -0.2) is 0 Å². The second kappa shape index (κ2) is 2.79. The highest BCUT2D eigenvalue weighted by atomic mass is 79.9. The molecule has 14 heavy (non-hydrogen) atoms. The van der Waals surface area contributed by atoms with Crippen LogP contribution < -0.4 is 9.47 Å². The Morgan fingerprint density at radius 2 is 1.50 bits per heavy atom. The van der Waals surface area contributed by atoms with Gasteiger partial charge in [-0.05, 0) is 12.1 Å². The molecule has 0 saturated heterocycles. The van der Waals surface area contributed by atoms with Crippen molar-refractivity contribution < 1.29 is 22.6 Å². The minimum absolute atomic E-state index is 0.0715. The molecule has 0 saturated carbocycles. The summed E-state index contributed by atoms with van der Waals surface area (Å²) in [5.74, 6) is -0.261. The molecule has 0 N–H and O–H groups in total. The van der Waals surface area contributed by atoms with Crippen LogP contribution >= 0.6 is 15.9 Å². The molecule has 0 fully saturated rings. The maximum Gasteiger partial charge on any atom is 0.483 e. The van der Waals surface area contributed by atoms with E-state index in [9.17, 15) is 13.2 Å². The summed E-state index contributed by atoms with van der Waals surface area (Å²) in [5, 5.41) is 0. The summed E-state index contributed by atoms with van der Waals surface area (Å²) in [7, 11) is 0. The zero-order valence-electron chi connectivity index (χ0n) is 6.64. The largest absolute Gasteiger partial charge is 0.483 e. The summed E-state index contributed by atoms with van der Waals surface area (Å²) < 4.78 is 44.2. The van der Waals surface area contributed by atoms with E-state index in [4.69, 9.17) is 0 Å². The van der Waals surface area contributed by atoms with Crippen LogP contribution in [0.5, 0.6) is 11.5 Å². The van der Waals surface area contributed by atoms with Crippen LogP contribution in [-0.2, 0) is 0 Å². The Bertz CT molecular complexity index is 332. The van der Waals surface area contributed by atoms with Crippen LogP contribution in [0.2, 0.25) is 0 Å². The number of benzene rings is 1. The van der Waals surface area contributed by atoms with E-state index >= 15 is 0 Å². The third kappa shape index (κ3) is 1.33. The maximum absolute atomic E-state index is 13.1. The van der Waals surface area contributed by atoms with Crippen LogP contribution in [0, 0.1) is 0 Å². The van der Waals surface area contributed by atoms with Crippen molar-refractivity contribution in [3.8, 4) is 11.5 Å². The standard InChI is InChI=1S/C8H4BrF3O2/c9-7(10)8(11,12)14-6-4-2-1-3-5(6)13-7/h1-4H/t7-/m0/s1. The molecule has 2 rings (SSSR count). The molecule has 0 aliphatic carbocycles. The van der Waals surface area contributed by atoms with Gasteiger partial charge in [0, 0.05) is 15.9 Å². The van der Waals surface area contributed by atoms with Crippen molar-refractivity contribution in [2.24, 2.45) is 0 Å². The van der Waals surface area contributed by atoms with Gasteiger partial charge in [-0.1, -0.05) is 12.1 Å². The number of fused-ring (bicyclic) bond motifs is 1. The normalized spacial score (nSPS) is 28.6. The average molecular weight is 269 g/mol. The first-order valence-electron chi connectivity index (χ1n) is 3.65. The fraction of sp³-hybridized carbons (Fsp3) is 0.250. The van der Waals surface area contributed by atoms with Gasteiger partial charge in [0.25, 0.3) is 0 Å². The van der Waals surface area contributed by atoms with Crippen molar-refractivity contribution >= 4 is 15.9 Å². The lowest BCUT2D eigenvalue weighted by Crippen LogP contribution is -2.50. The van der Waals surface area contributed by atoms with Gasteiger partial charge in [0.05, 0.1) is 0 Å². The monoisotopic (exact) mass is 268 g/mol. The Morgan fingerprint density at radius 3 is 2.07 bits per heavy atom. The third-order valence-corrected chi connectivity index (χ3v) is 2.29. The summed E-state index contributed by atoms with van der Waals surface area (Å²) in [6, 6.07) is 5.61. The van der Waals surface area contributed by atoms with Gasteiger partial charge in [-0.3, -0.25) is 0 Å². The van der Waals surface area contributed by atoms with E-state index in [-0.39, 0.29) is 11.5 Å². The predicted molar refractivity (Wildman–Crippen MR) is 45.4 cm³/mol. The van der Waals surface area contributed by atoms with Crippen LogP contribution in [0.4, 0.5) is 13.2 Å². The maximum atomic E-state index is 13.1. The molecule has 76 valence electrons. The average Bonchev–Trinajstić information content (AvgIpc) is 2.05. The number of hydrogen-bond acceptors (Lipinski definition) is 2. The quantitative estimate of drug-likeness (QED) is 0.674. The summed E-state index contributed by atoms with van der Waals surface area (Å²) in [5.41, 5.74) is 0. The van der Waals surface area contributed by atoms with E-state index in [2.05, 4.69) is 25.4 Å². The Kier molecular flexibility index (Phi) is 1.92. The van der Waals surface area contributed by atoms with E-state index in [0.717, 1.165) is 0 Å². The van der Waals surface area contributed by atoms with E-state index in [1.807, 2.05) is 0 Å². The van der Waals surface area contributed by atoms with Gasteiger partial charge in [-0.2, -0.15) is 13.2 Å². The van der Waals surface area contributed by atoms with E-state index in [0.29, 0.717) is 0 Å².